The first-order valence-corrected chi connectivity index (χ1v) is 7.85. The zero-order valence-electron chi connectivity index (χ0n) is 13.1. The Balaban J connectivity index is 2.20. The molecule has 0 spiro atoms. The Hall–Kier alpha value is -2.08. The van der Waals surface area contributed by atoms with E-state index in [1.54, 1.807) is 24.4 Å². The van der Waals surface area contributed by atoms with Gasteiger partial charge < -0.3 is 10.4 Å². The van der Waals surface area contributed by atoms with Crippen LogP contribution in [0.5, 0.6) is 5.75 Å². The minimum atomic E-state index is -0.343. The smallest absolute Gasteiger partial charge is 0.307 e. The first-order chi connectivity index (χ1) is 10.2. The molecule has 0 aliphatic heterocycles. The number of hydrogen-bond donors (Lipinski definition) is 2. The summed E-state index contributed by atoms with van der Waals surface area (Å²) in [6.07, 6.45) is 0. The number of anilines is 1. The maximum absolute atomic E-state index is 12.1. The highest BCUT2D eigenvalue weighted by Crippen LogP contribution is 2.30. The summed E-state index contributed by atoms with van der Waals surface area (Å²) < 4.78 is 1.41. The van der Waals surface area contributed by atoms with Gasteiger partial charge in [-0.15, -0.1) is 0 Å². The van der Waals surface area contributed by atoms with E-state index in [2.05, 4.69) is 26.1 Å². The lowest BCUT2D eigenvalue weighted by Crippen LogP contribution is -2.25. The highest BCUT2D eigenvalue weighted by molar-refractivity contribution is 7.07. The summed E-state index contributed by atoms with van der Waals surface area (Å²) in [5.74, 6) is -0.333. The number of nitrogens with zero attached hydrogens (tertiary/aromatic N) is 1. The van der Waals surface area contributed by atoms with Crippen LogP contribution in [0.25, 0.3) is 0 Å². The predicted octanol–water partition coefficient (Wildman–Crippen LogP) is 2.86. The van der Waals surface area contributed by atoms with E-state index in [1.165, 1.54) is 4.57 Å². The number of aryl methyl sites for hydroxylation is 1. The number of carbonyl (C=O) groups excluding carboxylic acids is 1. The van der Waals surface area contributed by atoms with Gasteiger partial charge >= 0.3 is 4.87 Å². The molecular weight excluding hydrogens is 300 g/mol. The highest BCUT2D eigenvalue weighted by Gasteiger charge is 2.17. The van der Waals surface area contributed by atoms with E-state index in [1.807, 2.05) is 6.07 Å². The molecule has 1 aromatic carbocycles. The Morgan fingerprint density at radius 1 is 1.36 bits per heavy atom. The Morgan fingerprint density at radius 3 is 2.59 bits per heavy atom. The molecule has 0 aliphatic carbocycles. The number of nitrogens with one attached hydrogen (secondary N) is 1. The van der Waals surface area contributed by atoms with Crippen LogP contribution >= 0.6 is 11.3 Å². The maximum atomic E-state index is 12.1. The normalized spacial score (nSPS) is 11.5. The fourth-order valence-corrected chi connectivity index (χ4v) is 2.77. The third-order valence-electron chi connectivity index (χ3n) is 3.41. The largest absolute Gasteiger partial charge is 0.506 e. The van der Waals surface area contributed by atoms with Gasteiger partial charge in [-0.3, -0.25) is 14.2 Å². The lowest BCUT2D eigenvalue weighted by molar-refractivity contribution is -0.116. The van der Waals surface area contributed by atoms with Gasteiger partial charge in [0, 0.05) is 11.1 Å². The molecule has 2 N–H and O–H groups in total. The van der Waals surface area contributed by atoms with Crippen molar-refractivity contribution >= 4 is 22.9 Å². The molecule has 0 saturated carbocycles. The number of carbonyl (C=O) groups is 1. The quantitative estimate of drug-likeness (QED) is 0.854. The van der Waals surface area contributed by atoms with Crippen molar-refractivity contribution in [1.29, 1.82) is 0 Å². The Morgan fingerprint density at radius 2 is 2.05 bits per heavy atom. The third-order valence-corrected chi connectivity index (χ3v) is 4.30. The molecule has 0 fully saturated rings. The molecular formula is C16H20N2O3S. The van der Waals surface area contributed by atoms with Crippen LogP contribution in [0.4, 0.5) is 5.69 Å². The number of hydrogen-bond acceptors (Lipinski definition) is 4. The second-order valence-electron chi connectivity index (χ2n) is 6.26. The van der Waals surface area contributed by atoms with E-state index in [-0.39, 0.29) is 28.5 Å². The van der Waals surface area contributed by atoms with Crippen molar-refractivity contribution in [3.8, 4) is 5.75 Å². The molecule has 2 aromatic rings. The number of benzene rings is 1. The average molecular weight is 320 g/mol. The van der Waals surface area contributed by atoms with Crippen LogP contribution in [0.15, 0.2) is 28.4 Å². The zero-order valence-corrected chi connectivity index (χ0v) is 14.0. The predicted molar refractivity (Wildman–Crippen MR) is 88.8 cm³/mol. The van der Waals surface area contributed by atoms with E-state index in [0.29, 0.717) is 5.69 Å². The molecule has 118 valence electrons. The first kappa shape index (κ1) is 16.3. The molecule has 22 heavy (non-hydrogen) atoms. The standard InChI is InChI=1S/C16H20N2O3S/c1-10-9-22-15(21)18(10)8-14(20)17-12-7-11(16(2,3)4)5-6-13(12)19/h5-7,9,19H,8H2,1-4H3,(H,17,20). The van der Waals surface area contributed by atoms with Gasteiger partial charge in [-0.05, 0) is 30.0 Å². The van der Waals surface area contributed by atoms with E-state index in [4.69, 9.17) is 0 Å². The molecule has 6 heteroatoms. The van der Waals surface area contributed by atoms with Gasteiger partial charge in [0.1, 0.15) is 12.3 Å². The monoisotopic (exact) mass is 320 g/mol. The lowest BCUT2D eigenvalue weighted by atomic mass is 9.87. The van der Waals surface area contributed by atoms with Crippen molar-refractivity contribution in [2.75, 3.05) is 5.32 Å². The number of thiazole rings is 1. The van der Waals surface area contributed by atoms with Gasteiger partial charge in [-0.1, -0.05) is 38.2 Å². The SMILES string of the molecule is Cc1csc(=O)n1CC(=O)Nc1cc(C(C)(C)C)ccc1O. The molecule has 1 heterocycles. The minimum Gasteiger partial charge on any atom is -0.506 e. The van der Waals surface area contributed by atoms with Crippen molar-refractivity contribution in [2.45, 2.75) is 39.7 Å². The molecule has 0 atom stereocenters. The van der Waals surface area contributed by atoms with Gasteiger partial charge in [0.2, 0.25) is 5.91 Å². The molecule has 0 saturated heterocycles. The van der Waals surface area contributed by atoms with Gasteiger partial charge in [0.15, 0.2) is 0 Å². The Labute approximate surface area is 133 Å². The summed E-state index contributed by atoms with van der Waals surface area (Å²) >= 11 is 1.07. The van der Waals surface area contributed by atoms with E-state index < -0.39 is 0 Å². The molecule has 1 aromatic heterocycles. The number of rotatable bonds is 3. The summed E-state index contributed by atoms with van der Waals surface area (Å²) in [4.78, 5) is 23.6. The maximum Gasteiger partial charge on any atom is 0.307 e. The van der Waals surface area contributed by atoms with Gasteiger partial charge in [-0.25, -0.2) is 0 Å². The first-order valence-electron chi connectivity index (χ1n) is 6.97. The van der Waals surface area contributed by atoms with Crippen molar-refractivity contribution in [2.24, 2.45) is 0 Å². The molecule has 0 radical (unpaired) electrons. The Bertz CT molecular complexity index is 753. The number of amides is 1. The number of phenolic OH excluding ortho intramolecular Hbond substituents is 1. The van der Waals surface area contributed by atoms with Gasteiger partial charge in [0.05, 0.1) is 5.69 Å². The fourth-order valence-electron chi connectivity index (χ4n) is 2.03. The van der Waals surface area contributed by atoms with E-state index in [0.717, 1.165) is 22.6 Å². The summed E-state index contributed by atoms with van der Waals surface area (Å²) in [5.41, 5.74) is 2.02. The van der Waals surface area contributed by atoms with Crippen LogP contribution in [-0.2, 0) is 16.8 Å². The molecule has 0 aliphatic rings. The lowest BCUT2D eigenvalue weighted by Gasteiger charge is -2.20. The fraction of sp³-hybridized carbons (Fsp3) is 0.375. The summed E-state index contributed by atoms with van der Waals surface area (Å²) in [6.45, 7) is 7.88. The van der Waals surface area contributed by atoms with Gasteiger partial charge in [-0.2, -0.15) is 0 Å². The molecule has 2 rings (SSSR count). The third kappa shape index (κ3) is 3.57. The Kier molecular flexibility index (Phi) is 4.42. The zero-order chi connectivity index (χ0) is 16.5. The number of aromatic hydroxyl groups is 1. The summed E-state index contributed by atoms with van der Waals surface area (Å²) in [6, 6.07) is 5.16. The van der Waals surface area contributed by atoms with Crippen molar-refractivity contribution < 1.29 is 9.90 Å². The second-order valence-corrected chi connectivity index (χ2v) is 7.08. The topological polar surface area (TPSA) is 71.3 Å². The highest BCUT2D eigenvalue weighted by atomic mass is 32.1. The van der Waals surface area contributed by atoms with Crippen LogP contribution < -0.4 is 10.2 Å². The van der Waals surface area contributed by atoms with Crippen molar-refractivity contribution in [1.82, 2.24) is 4.57 Å². The van der Waals surface area contributed by atoms with Crippen LogP contribution in [0, 0.1) is 6.92 Å². The molecule has 5 nitrogen and oxygen atoms in total. The van der Waals surface area contributed by atoms with Crippen LogP contribution in [0.1, 0.15) is 32.0 Å². The van der Waals surface area contributed by atoms with Crippen molar-refractivity contribution in [3.63, 3.8) is 0 Å². The van der Waals surface area contributed by atoms with Crippen LogP contribution in [-0.4, -0.2) is 15.6 Å². The molecule has 0 bridgehead atoms. The van der Waals surface area contributed by atoms with Crippen LogP contribution in [0.3, 0.4) is 0 Å². The van der Waals surface area contributed by atoms with Crippen LogP contribution in [0.2, 0.25) is 0 Å². The second kappa shape index (κ2) is 5.96. The number of aromatic nitrogens is 1. The average Bonchev–Trinajstić information content (AvgIpc) is 2.72. The van der Waals surface area contributed by atoms with E-state index in [9.17, 15) is 14.7 Å². The summed E-state index contributed by atoms with van der Waals surface area (Å²) in [5, 5.41) is 14.3. The summed E-state index contributed by atoms with van der Waals surface area (Å²) in [7, 11) is 0. The molecule has 0 unspecified atom stereocenters. The van der Waals surface area contributed by atoms with Gasteiger partial charge in [0.25, 0.3) is 0 Å². The minimum absolute atomic E-state index is 0.00994. The van der Waals surface area contributed by atoms with Crippen molar-refractivity contribution in [3.05, 3.63) is 44.5 Å². The number of phenols is 1. The van der Waals surface area contributed by atoms with E-state index >= 15 is 0 Å². The molecule has 1 amide bonds.